The molecule has 0 saturated heterocycles. The Balaban J connectivity index is 0.00000256. The number of nitrogens with zero attached hydrogens (tertiary/aromatic N) is 4. The summed E-state index contributed by atoms with van der Waals surface area (Å²) in [7, 11) is 0. The summed E-state index contributed by atoms with van der Waals surface area (Å²) in [5.74, 6) is 2.33. The van der Waals surface area contributed by atoms with Crippen LogP contribution in [0.4, 0.5) is 11.6 Å². The van der Waals surface area contributed by atoms with Crippen LogP contribution in [0.15, 0.2) is 48.5 Å². The smallest absolute Gasteiger partial charge is 0.250 e. The molecule has 1 saturated carbocycles. The summed E-state index contributed by atoms with van der Waals surface area (Å²) in [5.41, 5.74) is 2.13. The topological polar surface area (TPSA) is 34.0 Å². The second kappa shape index (κ2) is 10.0. The van der Waals surface area contributed by atoms with E-state index in [9.17, 15) is 0 Å². The van der Waals surface area contributed by atoms with Gasteiger partial charge >= 0.3 is 0 Å². The molecule has 4 nitrogen and oxygen atoms in total. The molecular formula is C23H27Cl3N4. The third-order valence-electron chi connectivity index (χ3n) is 5.42. The van der Waals surface area contributed by atoms with E-state index in [1.54, 1.807) is 6.07 Å². The quantitative estimate of drug-likeness (QED) is 0.347. The molecule has 0 amide bonds. The van der Waals surface area contributed by atoms with E-state index in [0.717, 1.165) is 36.8 Å². The number of anilines is 2. The van der Waals surface area contributed by atoms with Gasteiger partial charge in [0, 0.05) is 11.6 Å². The highest BCUT2D eigenvalue weighted by molar-refractivity contribution is 6.36. The van der Waals surface area contributed by atoms with Crippen LogP contribution in [0.1, 0.15) is 50.0 Å². The Bertz CT molecular complexity index is 970. The molecule has 0 bridgehead atoms. The Morgan fingerprint density at radius 2 is 1.87 bits per heavy atom. The van der Waals surface area contributed by atoms with Gasteiger partial charge in [0.2, 0.25) is 5.95 Å². The zero-order chi connectivity index (χ0) is 20.4. The first-order chi connectivity index (χ1) is 14.1. The van der Waals surface area contributed by atoms with Crippen LogP contribution in [0.2, 0.25) is 10.0 Å². The maximum absolute atomic E-state index is 6.68. The average molecular weight is 466 g/mol. The Kier molecular flexibility index (Phi) is 7.67. The van der Waals surface area contributed by atoms with Crippen molar-refractivity contribution in [3.05, 3.63) is 70.0 Å². The lowest BCUT2D eigenvalue weighted by atomic mass is 9.99. The maximum Gasteiger partial charge on any atom is 0.250 e. The first-order valence-electron chi connectivity index (χ1n) is 10.3. The number of rotatable bonds is 8. The van der Waals surface area contributed by atoms with Crippen molar-refractivity contribution >= 4 is 47.2 Å². The number of halogens is 3. The van der Waals surface area contributed by atoms with Gasteiger partial charge in [-0.15, -0.1) is 17.5 Å². The number of aromatic nitrogens is 3. The molecule has 1 atom stereocenters. The van der Waals surface area contributed by atoms with Crippen LogP contribution in [0.25, 0.3) is 0 Å². The molecule has 160 valence electrons. The molecule has 7 heteroatoms. The van der Waals surface area contributed by atoms with Crippen LogP contribution in [-0.2, 0) is 6.54 Å². The lowest BCUT2D eigenvalue weighted by molar-refractivity contribution is 0.561. The SMILES string of the molecule is CCCn1nc(N(c2ccc(Cl)cc2Cl)[C@@H](CC2CC2)c2ccccc2)nc1C.Cl. The monoisotopic (exact) mass is 464 g/mol. The molecule has 2 aromatic carbocycles. The van der Waals surface area contributed by atoms with E-state index in [0.29, 0.717) is 16.0 Å². The van der Waals surface area contributed by atoms with Crippen LogP contribution < -0.4 is 4.90 Å². The Labute approximate surface area is 194 Å². The van der Waals surface area contributed by atoms with E-state index in [1.807, 2.05) is 23.7 Å². The van der Waals surface area contributed by atoms with Crippen LogP contribution >= 0.6 is 35.6 Å². The second-order valence-corrected chi connectivity index (χ2v) is 8.60. The fourth-order valence-corrected chi connectivity index (χ4v) is 4.26. The highest BCUT2D eigenvalue weighted by Crippen LogP contribution is 2.45. The fraction of sp³-hybridized carbons (Fsp3) is 0.391. The molecule has 0 aliphatic heterocycles. The van der Waals surface area contributed by atoms with Gasteiger partial charge in [-0.25, -0.2) is 4.68 Å². The van der Waals surface area contributed by atoms with E-state index < -0.39 is 0 Å². The molecule has 1 heterocycles. The molecule has 1 fully saturated rings. The summed E-state index contributed by atoms with van der Waals surface area (Å²) in [6.07, 6.45) is 4.62. The molecule has 3 aromatic rings. The normalized spacial score (nSPS) is 14.3. The average Bonchev–Trinajstić information content (AvgIpc) is 3.46. The Morgan fingerprint density at radius 1 is 1.13 bits per heavy atom. The molecule has 1 aliphatic rings. The van der Waals surface area contributed by atoms with Gasteiger partial charge in [-0.3, -0.25) is 0 Å². The van der Waals surface area contributed by atoms with Gasteiger partial charge in [-0.05, 0) is 49.4 Å². The first-order valence-corrected chi connectivity index (χ1v) is 11.0. The zero-order valence-electron chi connectivity index (χ0n) is 17.3. The van der Waals surface area contributed by atoms with Gasteiger partial charge in [-0.1, -0.05) is 73.3 Å². The number of hydrogen-bond acceptors (Lipinski definition) is 3. The summed E-state index contributed by atoms with van der Waals surface area (Å²) in [6.45, 7) is 5.00. The fourth-order valence-electron chi connectivity index (χ4n) is 3.76. The number of benzene rings is 2. The van der Waals surface area contributed by atoms with Crippen molar-refractivity contribution in [2.24, 2.45) is 5.92 Å². The molecule has 0 N–H and O–H groups in total. The zero-order valence-corrected chi connectivity index (χ0v) is 19.6. The van der Waals surface area contributed by atoms with Gasteiger partial charge in [0.1, 0.15) is 5.82 Å². The molecule has 4 rings (SSSR count). The van der Waals surface area contributed by atoms with Crippen LogP contribution in [0, 0.1) is 12.8 Å². The first kappa shape index (κ1) is 22.9. The van der Waals surface area contributed by atoms with Crippen molar-refractivity contribution in [2.75, 3.05) is 4.90 Å². The van der Waals surface area contributed by atoms with E-state index >= 15 is 0 Å². The van der Waals surface area contributed by atoms with Crippen molar-refractivity contribution in [2.45, 2.75) is 52.1 Å². The maximum atomic E-state index is 6.68. The van der Waals surface area contributed by atoms with Gasteiger partial charge in [0.05, 0.1) is 16.8 Å². The van der Waals surface area contributed by atoms with E-state index in [4.69, 9.17) is 33.3 Å². The van der Waals surface area contributed by atoms with E-state index in [-0.39, 0.29) is 18.4 Å². The van der Waals surface area contributed by atoms with Gasteiger partial charge < -0.3 is 4.90 Å². The lowest BCUT2D eigenvalue weighted by Crippen LogP contribution is -2.26. The summed E-state index contributed by atoms with van der Waals surface area (Å²) in [6, 6.07) is 16.3. The van der Waals surface area contributed by atoms with Crippen LogP contribution in [0.5, 0.6) is 0 Å². The van der Waals surface area contributed by atoms with Crippen molar-refractivity contribution < 1.29 is 0 Å². The van der Waals surface area contributed by atoms with Gasteiger partial charge in [0.25, 0.3) is 0 Å². The summed E-state index contributed by atoms with van der Waals surface area (Å²) in [4.78, 5) is 7.03. The highest BCUT2D eigenvalue weighted by Gasteiger charge is 2.33. The summed E-state index contributed by atoms with van der Waals surface area (Å²) < 4.78 is 1.98. The lowest BCUT2D eigenvalue weighted by Gasteiger charge is -2.32. The largest absolute Gasteiger partial charge is 0.300 e. The van der Waals surface area contributed by atoms with Crippen molar-refractivity contribution in [1.29, 1.82) is 0 Å². The highest BCUT2D eigenvalue weighted by atomic mass is 35.5. The molecule has 0 spiro atoms. The van der Waals surface area contributed by atoms with Gasteiger partial charge in [-0.2, -0.15) is 4.98 Å². The van der Waals surface area contributed by atoms with E-state index in [1.165, 1.54) is 18.4 Å². The molecule has 30 heavy (non-hydrogen) atoms. The van der Waals surface area contributed by atoms with E-state index in [2.05, 4.69) is 42.2 Å². The second-order valence-electron chi connectivity index (χ2n) is 7.75. The Morgan fingerprint density at radius 3 is 2.50 bits per heavy atom. The Hall–Kier alpha value is -1.75. The minimum absolute atomic E-state index is 0. The predicted octanol–water partition coefficient (Wildman–Crippen LogP) is 7.40. The molecular weight excluding hydrogens is 439 g/mol. The number of aryl methyl sites for hydroxylation is 2. The third-order valence-corrected chi connectivity index (χ3v) is 5.95. The van der Waals surface area contributed by atoms with Gasteiger partial charge in [0.15, 0.2) is 0 Å². The molecule has 0 unspecified atom stereocenters. The summed E-state index contributed by atoms with van der Waals surface area (Å²) >= 11 is 12.9. The van der Waals surface area contributed by atoms with Crippen LogP contribution in [-0.4, -0.2) is 14.8 Å². The van der Waals surface area contributed by atoms with Crippen molar-refractivity contribution in [3.63, 3.8) is 0 Å². The molecule has 0 radical (unpaired) electrons. The standard InChI is InChI=1S/C23H26Cl2N4.ClH/c1-3-13-28-16(2)26-23(27-28)29(21-12-11-19(24)15-20(21)25)22(14-17-9-10-17)18-7-5-4-6-8-18;/h4-8,11-12,15,17,22H,3,9-10,13-14H2,1-2H3;1H/t22-;/m0./s1. The summed E-state index contributed by atoms with van der Waals surface area (Å²) in [5, 5.41) is 6.09. The minimum atomic E-state index is 0. The number of hydrogen-bond donors (Lipinski definition) is 0. The predicted molar refractivity (Wildman–Crippen MR) is 127 cm³/mol. The van der Waals surface area contributed by atoms with Crippen LogP contribution in [0.3, 0.4) is 0 Å². The third kappa shape index (κ3) is 5.11. The minimum Gasteiger partial charge on any atom is -0.300 e. The molecule has 1 aromatic heterocycles. The molecule has 1 aliphatic carbocycles. The van der Waals surface area contributed by atoms with Crippen molar-refractivity contribution in [1.82, 2.24) is 14.8 Å². The van der Waals surface area contributed by atoms with Crippen molar-refractivity contribution in [3.8, 4) is 0 Å².